The van der Waals surface area contributed by atoms with Gasteiger partial charge in [-0.3, -0.25) is 4.79 Å². The highest BCUT2D eigenvalue weighted by Gasteiger charge is 2.32. The van der Waals surface area contributed by atoms with Crippen LogP contribution in [0.5, 0.6) is 0 Å². The highest BCUT2D eigenvalue weighted by molar-refractivity contribution is 5.82. The molecule has 0 fully saturated rings. The number of hydrogen-bond donors (Lipinski definition) is 0. The molecule has 1 nitrogen and oxygen atoms in total. The van der Waals surface area contributed by atoms with E-state index in [0.717, 1.165) is 25.7 Å². The van der Waals surface area contributed by atoms with E-state index in [4.69, 9.17) is 0 Å². The Morgan fingerprint density at radius 2 is 1.38 bits per heavy atom. The first-order valence-corrected chi connectivity index (χ1v) is 7.14. The molecular formula is C15H30O. The maximum absolute atomic E-state index is 12.0. The molecule has 0 aromatic carbocycles. The van der Waals surface area contributed by atoms with Gasteiger partial charge in [-0.15, -0.1) is 0 Å². The van der Waals surface area contributed by atoms with Crippen LogP contribution in [-0.2, 0) is 4.79 Å². The van der Waals surface area contributed by atoms with Gasteiger partial charge >= 0.3 is 0 Å². The van der Waals surface area contributed by atoms with Crippen molar-refractivity contribution in [2.45, 2.75) is 85.5 Å². The zero-order chi connectivity index (χ0) is 12.4. The van der Waals surface area contributed by atoms with Crippen molar-refractivity contribution in [1.82, 2.24) is 0 Å². The molecule has 16 heavy (non-hydrogen) atoms. The second kappa shape index (κ2) is 8.78. The van der Waals surface area contributed by atoms with E-state index in [9.17, 15) is 4.79 Å². The van der Waals surface area contributed by atoms with Crippen molar-refractivity contribution in [2.75, 3.05) is 0 Å². The Morgan fingerprint density at radius 3 is 1.81 bits per heavy atom. The number of unbranched alkanes of at least 4 members (excludes halogenated alkanes) is 3. The van der Waals surface area contributed by atoms with Gasteiger partial charge in [0.15, 0.2) is 0 Å². The topological polar surface area (TPSA) is 17.1 Å². The van der Waals surface area contributed by atoms with Gasteiger partial charge in [-0.25, -0.2) is 0 Å². The summed E-state index contributed by atoms with van der Waals surface area (Å²) in [4.78, 5) is 12.0. The van der Waals surface area contributed by atoms with Gasteiger partial charge in [-0.05, 0) is 26.2 Å². The lowest BCUT2D eigenvalue weighted by atomic mass is 9.72. The molecule has 96 valence electrons. The van der Waals surface area contributed by atoms with E-state index < -0.39 is 0 Å². The van der Waals surface area contributed by atoms with Crippen LogP contribution in [0.4, 0.5) is 0 Å². The van der Waals surface area contributed by atoms with E-state index >= 15 is 0 Å². The summed E-state index contributed by atoms with van der Waals surface area (Å²) in [6, 6.07) is 0. The van der Waals surface area contributed by atoms with Crippen LogP contribution in [0.3, 0.4) is 0 Å². The van der Waals surface area contributed by atoms with E-state index in [0.29, 0.717) is 5.78 Å². The lowest BCUT2D eigenvalue weighted by molar-refractivity contribution is -0.128. The third kappa shape index (κ3) is 5.14. The molecule has 0 rings (SSSR count). The predicted molar refractivity (Wildman–Crippen MR) is 71.7 cm³/mol. The van der Waals surface area contributed by atoms with Crippen molar-refractivity contribution in [3.63, 3.8) is 0 Å². The maximum atomic E-state index is 12.0. The number of rotatable bonds is 10. The molecule has 0 aromatic rings. The third-order valence-electron chi connectivity index (χ3n) is 3.74. The first-order chi connectivity index (χ1) is 7.63. The molecule has 0 aliphatic carbocycles. The average Bonchev–Trinajstić information content (AvgIpc) is 2.26. The number of Topliss-reactive ketones (excluding diaryl/α,β-unsaturated/α-hetero) is 1. The molecule has 0 saturated carbocycles. The zero-order valence-electron chi connectivity index (χ0n) is 11.8. The number of carbonyl (C=O) groups is 1. The van der Waals surface area contributed by atoms with Gasteiger partial charge in [-0.1, -0.05) is 59.3 Å². The molecule has 0 heterocycles. The van der Waals surface area contributed by atoms with Crippen molar-refractivity contribution < 1.29 is 4.79 Å². The minimum Gasteiger partial charge on any atom is -0.299 e. The standard InChI is InChI=1S/C15H30O/c1-5-8-10-13-15(11-7-3,14(4)16)12-9-6-2/h5-13H2,1-4H3. The van der Waals surface area contributed by atoms with Crippen LogP contribution >= 0.6 is 0 Å². The molecule has 0 radical (unpaired) electrons. The second-order valence-electron chi connectivity index (χ2n) is 5.15. The highest BCUT2D eigenvalue weighted by atomic mass is 16.1. The van der Waals surface area contributed by atoms with Crippen LogP contribution in [0.1, 0.15) is 85.5 Å². The summed E-state index contributed by atoms with van der Waals surface area (Å²) in [5.41, 5.74) is 0.0138. The number of ketones is 1. The summed E-state index contributed by atoms with van der Waals surface area (Å²) in [6.07, 6.45) is 10.6. The Morgan fingerprint density at radius 1 is 0.812 bits per heavy atom. The van der Waals surface area contributed by atoms with Gasteiger partial charge in [0, 0.05) is 5.41 Å². The van der Waals surface area contributed by atoms with Gasteiger partial charge in [0.25, 0.3) is 0 Å². The van der Waals surface area contributed by atoms with Gasteiger partial charge in [-0.2, -0.15) is 0 Å². The molecule has 0 amide bonds. The molecular weight excluding hydrogens is 196 g/mol. The van der Waals surface area contributed by atoms with Crippen molar-refractivity contribution >= 4 is 5.78 Å². The van der Waals surface area contributed by atoms with E-state index in [2.05, 4.69) is 20.8 Å². The van der Waals surface area contributed by atoms with E-state index in [-0.39, 0.29) is 5.41 Å². The molecule has 1 heteroatoms. The minimum absolute atomic E-state index is 0.0138. The van der Waals surface area contributed by atoms with Gasteiger partial charge in [0.05, 0.1) is 0 Å². The van der Waals surface area contributed by atoms with Gasteiger partial charge in [0.1, 0.15) is 5.78 Å². The Labute approximate surface area is 102 Å². The normalized spacial score (nSPS) is 14.8. The first kappa shape index (κ1) is 15.7. The van der Waals surface area contributed by atoms with Crippen LogP contribution in [-0.4, -0.2) is 5.78 Å². The molecule has 0 aliphatic heterocycles. The molecule has 0 aliphatic rings. The average molecular weight is 226 g/mol. The Bertz CT molecular complexity index is 186. The fraction of sp³-hybridized carbons (Fsp3) is 0.933. The van der Waals surface area contributed by atoms with Crippen LogP contribution in [0.2, 0.25) is 0 Å². The highest BCUT2D eigenvalue weighted by Crippen LogP contribution is 2.37. The molecule has 0 spiro atoms. The van der Waals surface area contributed by atoms with Crippen molar-refractivity contribution in [2.24, 2.45) is 5.41 Å². The largest absolute Gasteiger partial charge is 0.299 e. The smallest absolute Gasteiger partial charge is 0.135 e. The summed E-state index contributed by atoms with van der Waals surface area (Å²) in [6.45, 7) is 8.44. The van der Waals surface area contributed by atoms with Crippen LogP contribution in [0, 0.1) is 5.41 Å². The lowest BCUT2D eigenvalue weighted by Gasteiger charge is -2.31. The number of carbonyl (C=O) groups excluding carboxylic acids is 1. The van der Waals surface area contributed by atoms with Crippen LogP contribution in [0.25, 0.3) is 0 Å². The predicted octanol–water partition coefficient (Wildman–Crippen LogP) is 5.13. The Hall–Kier alpha value is -0.330. The zero-order valence-corrected chi connectivity index (χ0v) is 11.8. The minimum atomic E-state index is 0.0138. The second-order valence-corrected chi connectivity index (χ2v) is 5.15. The van der Waals surface area contributed by atoms with Gasteiger partial charge in [0.2, 0.25) is 0 Å². The summed E-state index contributed by atoms with van der Waals surface area (Å²) >= 11 is 0. The van der Waals surface area contributed by atoms with Crippen LogP contribution < -0.4 is 0 Å². The molecule has 0 N–H and O–H groups in total. The van der Waals surface area contributed by atoms with Crippen molar-refractivity contribution in [3.05, 3.63) is 0 Å². The number of hydrogen-bond acceptors (Lipinski definition) is 1. The molecule has 1 atom stereocenters. The summed E-state index contributed by atoms with van der Waals surface area (Å²) in [5.74, 6) is 0.430. The molecule has 0 bridgehead atoms. The summed E-state index contributed by atoms with van der Waals surface area (Å²) < 4.78 is 0. The Balaban J connectivity index is 4.44. The van der Waals surface area contributed by atoms with Crippen molar-refractivity contribution in [3.8, 4) is 0 Å². The van der Waals surface area contributed by atoms with E-state index in [1.54, 1.807) is 6.92 Å². The van der Waals surface area contributed by atoms with Crippen LogP contribution in [0.15, 0.2) is 0 Å². The fourth-order valence-corrected chi connectivity index (χ4v) is 2.61. The molecule has 1 unspecified atom stereocenters. The fourth-order valence-electron chi connectivity index (χ4n) is 2.61. The Kier molecular flexibility index (Phi) is 8.60. The third-order valence-corrected chi connectivity index (χ3v) is 3.74. The maximum Gasteiger partial charge on any atom is 0.135 e. The first-order valence-electron chi connectivity index (χ1n) is 7.14. The van der Waals surface area contributed by atoms with E-state index in [1.165, 1.54) is 32.1 Å². The lowest BCUT2D eigenvalue weighted by Crippen LogP contribution is -2.29. The molecule has 0 saturated heterocycles. The SMILES string of the molecule is CCCCCC(CCC)(CCCC)C(C)=O. The summed E-state index contributed by atoms with van der Waals surface area (Å²) in [7, 11) is 0. The van der Waals surface area contributed by atoms with Gasteiger partial charge < -0.3 is 0 Å². The monoisotopic (exact) mass is 226 g/mol. The summed E-state index contributed by atoms with van der Waals surface area (Å²) in [5, 5.41) is 0. The van der Waals surface area contributed by atoms with Crippen molar-refractivity contribution in [1.29, 1.82) is 0 Å². The molecule has 0 aromatic heterocycles. The quantitative estimate of drug-likeness (QED) is 0.472. The van der Waals surface area contributed by atoms with E-state index in [1.807, 2.05) is 0 Å².